The van der Waals surface area contributed by atoms with Crippen molar-refractivity contribution >= 4 is 62.8 Å². The normalized spacial score (nSPS) is 10.4. The summed E-state index contributed by atoms with van der Waals surface area (Å²) in [5, 5.41) is 5.56. The number of benzene rings is 5. The zero-order chi connectivity index (χ0) is 20.6. The Morgan fingerprint density at radius 1 is 0.467 bits per heavy atom. The van der Waals surface area contributed by atoms with E-state index in [1.807, 2.05) is 36.4 Å². The van der Waals surface area contributed by atoms with Crippen LogP contribution in [0.5, 0.6) is 0 Å². The molecule has 0 aliphatic carbocycles. The maximum absolute atomic E-state index is 3.63. The SMILES string of the molecule is C=Cc1ccccc1.c1ccc2c([Se][Se]c3cccc4ccccc34)cccc2c1. The Morgan fingerprint density at radius 2 is 0.900 bits per heavy atom. The van der Waals surface area contributed by atoms with Gasteiger partial charge in [-0.1, -0.05) is 43.0 Å². The van der Waals surface area contributed by atoms with Crippen molar-refractivity contribution in [3.05, 3.63) is 127 Å². The van der Waals surface area contributed by atoms with Crippen LogP contribution < -0.4 is 8.92 Å². The molecule has 0 bridgehead atoms. The van der Waals surface area contributed by atoms with E-state index in [2.05, 4.69) is 91.5 Å². The van der Waals surface area contributed by atoms with Gasteiger partial charge in [0.1, 0.15) is 0 Å². The fourth-order valence-electron chi connectivity index (χ4n) is 3.22. The van der Waals surface area contributed by atoms with Crippen LogP contribution in [-0.4, -0.2) is 26.3 Å². The van der Waals surface area contributed by atoms with E-state index in [0.717, 1.165) is 0 Å². The van der Waals surface area contributed by atoms with Crippen LogP contribution in [0, 0.1) is 0 Å². The second kappa shape index (κ2) is 10.4. The van der Waals surface area contributed by atoms with Crippen molar-refractivity contribution in [2.45, 2.75) is 0 Å². The first-order valence-corrected chi connectivity index (χ1v) is 15.9. The molecule has 0 atom stereocenters. The van der Waals surface area contributed by atoms with E-state index in [9.17, 15) is 0 Å². The summed E-state index contributed by atoms with van der Waals surface area (Å²) in [5.74, 6) is 0. The summed E-state index contributed by atoms with van der Waals surface area (Å²) < 4.78 is 3.05. The van der Waals surface area contributed by atoms with Gasteiger partial charge in [0.25, 0.3) is 0 Å². The first-order valence-electron chi connectivity index (χ1n) is 9.83. The topological polar surface area (TPSA) is 0 Å². The van der Waals surface area contributed by atoms with E-state index < -0.39 is 0 Å². The van der Waals surface area contributed by atoms with Crippen LogP contribution in [0.2, 0.25) is 0 Å². The van der Waals surface area contributed by atoms with Gasteiger partial charge in [-0.25, -0.2) is 0 Å². The second-order valence-corrected chi connectivity index (χ2v) is 12.9. The maximum atomic E-state index is 3.63. The van der Waals surface area contributed by atoms with Gasteiger partial charge >= 0.3 is 142 Å². The van der Waals surface area contributed by atoms with Gasteiger partial charge in [-0.05, 0) is 5.56 Å². The summed E-state index contributed by atoms with van der Waals surface area (Å²) in [6.07, 6.45) is 1.83. The molecule has 30 heavy (non-hydrogen) atoms. The molecule has 0 spiro atoms. The number of rotatable bonds is 4. The molecule has 0 fully saturated rings. The van der Waals surface area contributed by atoms with Gasteiger partial charge in [-0.3, -0.25) is 0 Å². The third-order valence-corrected chi connectivity index (χ3v) is 12.0. The van der Waals surface area contributed by atoms with E-state index in [1.54, 1.807) is 0 Å². The fourth-order valence-corrected chi connectivity index (χ4v) is 10.4. The van der Waals surface area contributed by atoms with Crippen molar-refractivity contribution in [2.75, 3.05) is 0 Å². The zero-order valence-electron chi connectivity index (χ0n) is 16.6. The molecule has 0 unspecified atom stereocenters. The van der Waals surface area contributed by atoms with Crippen LogP contribution in [0.15, 0.2) is 122 Å². The Kier molecular flexibility index (Phi) is 7.19. The molecule has 0 nitrogen and oxygen atoms in total. The molecular weight excluding hydrogens is 494 g/mol. The molecule has 0 aliphatic heterocycles. The average Bonchev–Trinajstić information content (AvgIpc) is 2.83. The molecule has 0 amide bonds. The molecule has 0 aromatic heterocycles. The monoisotopic (exact) mass is 518 g/mol. The Labute approximate surface area is 189 Å². The van der Waals surface area contributed by atoms with E-state index in [0.29, 0.717) is 26.3 Å². The van der Waals surface area contributed by atoms with Crippen molar-refractivity contribution in [2.24, 2.45) is 0 Å². The minimum atomic E-state index is 0.512. The van der Waals surface area contributed by atoms with Crippen molar-refractivity contribution in [1.29, 1.82) is 0 Å². The van der Waals surface area contributed by atoms with Gasteiger partial charge in [0.2, 0.25) is 0 Å². The number of fused-ring (bicyclic) bond motifs is 2. The quantitative estimate of drug-likeness (QED) is 0.273. The molecule has 0 aliphatic rings. The van der Waals surface area contributed by atoms with Crippen molar-refractivity contribution in [3.8, 4) is 0 Å². The Morgan fingerprint density at radius 3 is 1.37 bits per heavy atom. The van der Waals surface area contributed by atoms with Crippen LogP contribution >= 0.6 is 0 Å². The van der Waals surface area contributed by atoms with Crippen LogP contribution in [0.1, 0.15) is 5.56 Å². The molecule has 0 saturated heterocycles. The average molecular weight is 516 g/mol. The Balaban J connectivity index is 0.000000230. The molecule has 0 heterocycles. The minimum absolute atomic E-state index is 0.512. The number of hydrogen-bond acceptors (Lipinski definition) is 0. The molecule has 0 saturated carbocycles. The molecule has 0 radical (unpaired) electrons. The Hall–Kier alpha value is -2.60. The predicted molar refractivity (Wildman–Crippen MR) is 135 cm³/mol. The zero-order valence-corrected chi connectivity index (χ0v) is 20.0. The van der Waals surface area contributed by atoms with Crippen LogP contribution in [-0.2, 0) is 0 Å². The third kappa shape index (κ3) is 5.11. The van der Waals surface area contributed by atoms with Gasteiger partial charge in [0, 0.05) is 0 Å². The second-order valence-electron chi connectivity index (χ2n) is 6.74. The van der Waals surface area contributed by atoms with Gasteiger partial charge in [-0.2, -0.15) is 0 Å². The molecule has 5 aromatic carbocycles. The molecule has 146 valence electrons. The van der Waals surface area contributed by atoms with Gasteiger partial charge in [0.15, 0.2) is 0 Å². The van der Waals surface area contributed by atoms with E-state index in [1.165, 1.54) is 36.0 Å². The van der Waals surface area contributed by atoms with Crippen LogP contribution in [0.3, 0.4) is 0 Å². The molecule has 2 heteroatoms. The standard InChI is InChI=1S/C20H14Se2.C8H8/c1-3-11-17-15(7-1)9-5-13-19(17)21-22-20-14-6-10-16-8-2-4-12-18(16)20;1-2-8-6-4-3-5-7-8/h1-14H;2-7H,1H2. The van der Waals surface area contributed by atoms with Crippen LogP contribution in [0.25, 0.3) is 27.6 Å². The summed E-state index contributed by atoms with van der Waals surface area (Å²) >= 11 is 1.02. The van der Waals surface area contributed by atoms with Crippen molar-refractivity contribution in [3.63, 3.8) is 0 Å². The Bertz CT molecular complexity index is 1170. The summed E-state index contributed by atoms with van der Waals surface area (Å²) in [4.78, 5) is 0. The van der Waals surface area contributed by atoms with Crippen molar-refractivity contribution < 1.29 is 0 Å². The fraction of sp³-hybridized carbons (Fsp3) is 0. The first-order chi connectivity index (χ1) is 14.8. The predicted octanol–water partition coefficient (Wildman–Crippen LogP) is 5.60. The van der Waals surface area contributed by atoms with Crippen LogP contribution in [0.4, 0.5) is 0 Å². The number of hydrogen-bond donors (Lipinski definition) is 0. The van der Waals surface area contributed by atoms with Crippen molar-refractivity contribution in [1.82, 2.24) is 0 Å². The van der Waals surface area contributed by atoms with Gasteiger partial charge in [0.05, 0.1) is 0 Å². The molecule has 0 N–H and O–H groups in total. The molecular formula is C28H22Se2. The summed E-state index contributed by atoms with van der Waals surface area (Å²) in [5.41, 5.74) is 1.17. The van der Waals surface area contributed by atoms with Gasteiger partial charge in [-0.15, -0.1) is 0 Å². The first kappa shape index (κ1) is 20.7. The third-order valence-electron chi connectivity index (χ3n) is 4.76. The summed E-state index contributed by atoms with van der Waals surface area (Å²) in [6.45, 7) is 3.63. The summed E-state index contributed by atoms with van der Waals surface area (Å²) in [7, 11) is 0. The van der Waals surface area contributed by atoms with Gasteiger partial charge < -0.3 is 0 Å². The molecule has 5 aromatic rings. The van der Waals surface area contributed by atoms with E-state index in [-0.39, 0.29) is 0 Å². The van der Waals surface area contributed by atoms with E-state index >= 15 is 0 Å². The molecule has 5 rings (SSSR count). The summed E-state index contributed by atoms with van der Waals surface area (Å²) in [6, 6.07) is 40.9. The van der Waals surface area contributed by atoms with E-state index in [4.69, 9.17) is 0 Å².